The maximum absolute atomic E-state index is 6.29. The summed E-state index contributed by atoms with van der Waals surface area (Å²) in [4.78, 5) is 4.40. The molecule has 0 aliphatic carbocycles. The zero-order valence-electron chi connectivity index (χ0n) is 19.6. The number of rotatable bonds is 5. The van der Waals surface area contributed by atoms with Gasteiger partial charge < -0.3 is 13.9 Å². The highest BCUT2D eigenvalue weighted by Gasteiger charge is 2.52. The normalized spacial score (nSPS) is 17.1. The molecule has 0 unspecified atom stereocenters. The van der Waals surface area contributed by atoms with E-state index >= 15 is 0 Å². The van der Waals surface area contributed by atoms with E-state index in [9.17, 15) is 0 Å². The van der Waals surface area contributed by atoms with E-state index < -0.39 is 0 Å². The average Bonchev–Trinajstić information content (AvgIpc) is 3.27. The molecule has 1 aliphatic rings. The third kappa shape index (κ3) is 4.07. The van der Waals surface area contributed by atoms with Crippen LogP contribution in [0, 0.1) is 0 Å². The van der Waals surface area contributed by atoms with Crippen molar-refractivity contribution in [2.75, 3.05) is 0 Å². The molecule has 0 spiro atoms. The number of benzene rings is 2. The van der Waals surface area contributed by atoms with Crippen LogP contribution in [-0.4, -0.2) is 38.1 Å². The van der Waals surface area contributed by atoms with Crippen LogP contribution in [0.3, 0.4) is 0 Å². The smallest absolute Gasteiger partial charge is 0.399 e. The lowest BCUT2D eigenvalue weighted by Crippen LogP contribution is -2.41. The van der Waals surface area contributed by atoms with Crippen molar-refractivity contribution in [1.29, 1.82) is 0 Å². The molecule has 0 atom stereocenters. The van der Waals surface area contributed by atoms with Crippen molar-refractivity contribution in [2.45, 2.75) is 49.8 Å². The third-order valence-electron chi connectivity index (χ3n) is 6.62. The molecule has 1 aliphatic heterocycles. The van der Waals surface area contributed by atoms with Gasteiger partial charge in [-0.1, -0.05) is 42.1 Å². The zero-order chi connectivity index (χ0) is 23.2. The summed E-state index contributed by atoms with van der Waals surface area (Å²) in [7, 11) is 1.62. The molecule has 0 amide bonds. The van der Waals surface area contributed by atoms with Crippen LogP contribution in [0.4, 0.5) is 0 Å². The van der Waals surface area contributed by atoms with Gasteiger partial charge in [0.2, 0.25) is 0 Å². The Kier molecular flexibility index (Phi) is 5.55. The predicted octanol–water partition coefficient (Wildman–Crippen LogP) is 4.62. The summed E-state index contributed by atoms with van der Waals surface area (Å²) >= 11 is 1.66. The fraction of sp³-hybridized carbons (Fsp3) is 0.320. The highest BCUT2D eigenvalue weighted by molar-refractivity contribution is 7.98. The lowest BCUT2D eigenvalue weighted by atomic mass is 9.76. The Morgan fingerprint density at radius 2 is 1.70 bits per heavy atom. The molecule has 5 rings (SSSR count). The van der Waals surface area contributed by atoms with E-state index in [2.05, 4.69) is 73.2 Å². The second-order valence-electron chi connectivity index (χ2n) is 9.35. The van der Waals surface area contributed by atoms with Gasteiger partial charge in [-0.3, -0.25) is 4.98 Å². The Morgan fingerprint density at radius 1 is 0.939 bits per heavy atom. The Balaban J connectivity index is 1.37. The minimum atomic E-state index is -0.381. The fourth-order valence-electron chi connectivity index (χ4n) is 3.91. The van der Waals surface area contributed by atoms with Gasteiger partial charge in [-0.2, -0.15) is 0 Å². The number of thioether (sulfide) groups is 1. The van der Waals surface area contributed by atoms with Crippen molar-refractivity contribution < 1.29 is 9.31 Å². The molecule has 4 aromatic rings. The average molecular weight is 458 g/mol. The molecule has 3 heterocycles. The Morgan fingerprint density at radius 3 is 2.48 bits per heavy atom. The van der Waals surface area contributed by atoms with Crippen molar-refractivity contribution in [3.63, 3.8) is 0 Å². The van der Waals surface area contributed by atoms with Gasteiger partial charge in [0.1, 0.15) is 0 Å². The van der Waals surface area contributed by atoms with Crippen molar-refractivity contribution in [3.05, 3.63) is 66.4 Å². The van der Waals surface area contributed by atoms with Gasteiger partial charge in [-0.15, -0.1) is 10.2 Å². The first-order chi connectivity index (χ1) is 15.7. The van der Waals surface area contributed by atoms with E-state index in [1.807, 2.05) is 35.9 Å². The first-order valence-electron chi connectivity index (χ1n) is 11.1. The van der Waals surface area contributed by atoms with Crippen LogP contribution in [0.15, 0.2) is 66.0 Å². The highest BCUT2D eigenvalue weighted by atomic mass is 32.2. The van der Waals surface area contributed by atoms with Gasteiger partial charge in [0.15, 0.2) is 11.0 Å². The molecule has 0 bridgehead atoms. The largest absolute Gasteiger partial charge is 0.495 e. The number of aromatic nitrogens is 4. The summed E-state index contributed by atoms with van der Waals surface area (Å²) in [6.07, 6.45) is 1.81. The molecule has 0 saturated carbocycles. The van der Waals surface area contributed by atoms with Crippen LogP contribution >= 0.6 is 11.8 Å². The van der Waals surface area contributed by atoms with E-state index in [1.54, 1.807) is 18.0 Å². The second kappa shape index (κ2) is 8.27. The number of fused-ring (bicyclic) bond motifs is 1. The zero-order valence-corrected chi connectivity index (χ0v) is 20.4. The number of hydrogen-bond acceptors (Lipinski definition) is 6. The van der Waals surface area contributed by atoms with Gasteiger partial charge >= 0.3 is 7.12 Å². The van der Waals surface area contributed by atoms with E-state index in [4.69, 9.17) is 9.31 Å². The van der Waals surface area contributed by atoms with Gasteiger partial charge in [0, 0.05) is 29.9 Å². The van der Waals surface area contributed by atoms with E-state index in [0.29, 0.717) is 0 Å². The summed E-state index contributed by atoms with van der Waals surface area (Å²) in [6.45, 7) is 8.31. The summed E-state index contributed by atoms with van der Waals surface area (Å²) in [6, 6.07) is 18.5. The minimum absolute atomic E-state index is 0.369. The summed E-state index contributed by atoms with van der Waals surface area (Å²) < 4.78 is 14.6. The van der Waals surface area contributed by atoms with Crippen LogP contribution in [0.2, 0.25) is 0 Å². The minimum Gasteiger partial charge on any atom is -0.399 e. The van der Waals surface area contributed by atoms with Crippen LogP contribution < -0.4 is 5.46 Å². The summed E-state index contributed by atoms with van der Waals surface area (Å²) in [5.41, 5.74) is 3.49. The number of pyridine rings is 1. The molecule has 0 radical (unpaired) electrons. The molecule has 8 heteroatoms. The van der Waals surface area contributed by atoms with Crippen molar-refractivity contribution >= 4 is 35.2 Å². The summed E-state index contributed by atoms with van der Waals surface area (Å²) in [5.74, 6) is 1.58. The van der Waals surface area contributed by atoms with Crippen molar-refractivity contribution in [1.82, 2.24) is 19.7 Å². The first kappa shape index (κ1) is 22.1. The quantitative estimate of drug-likeness (QED) is 0.321. The van der Waals surface area contributed by atoms with Crippen molar-refractivity contribution in [3.8, 4) is 11.4 Å². The monoisotopic (exact) mass is 458 g/mol. The van der Waals surface area contributed by atoms with Crippen LogP contribution in [0.5, 0.6) is 0 Å². The molecule has 33 heavy (non-hydrogen) atoms. The lowest BCUT2D eigenvalue weighted by Gasteiger charge is -2.32. The topological polar surface area (TPSA) is 62.1 Å². The molecule has 168 valence electrons. The lowest BCUT2D eigenvalue weighted by molar-refractivity contribution is 0.00578. The maximum Gasteiger partial charge on any atom is 0.495 e. The predicted molar refractivity (Wildman–Crippen MR) is 133 cm³/mol. The Labute approximate surface area is 198 Å². The van der Waals surface area contributed by atoms with Gasteiger partial charge in [0.25, 0.3) is 0 Å². The van der Waals surface area contributed by atoms with E-state index in [-0.39, 0.29) is 18.3 Å². The number of nitrogens with zero attached hydrogens (tertiary/aromatic N) is 4. The molecular weight excluding hydrogens is 431 g/mol. The van der Waals surface area contributed by atoms with Crippen molar-refractivity contribution in [2.24, 2.45) is 7.05 Å². The Bertz CT molecular complexity index is 1300. The second-order valence-corrected chi connectivity index (χ2v) is 10.3. The molecular formula is C25H27BN4O2S. The number of hydrogen-bond donors (Lipinski definition) is 0. The van der Waals surface area contributed by atoms with Gasteiger partial charge in [-0.05, 0) is 63.0 Å². The third-order valence-corrected chi connectivity index (χ3v) is 7.68. The SMILES string of the molecule is Cn1c(SCc2ccccc2B2OC(C)(C)C(C)(C)O2)nnc1-c1ccc2ncccc2c1. The first-order valence-corrected chi connectivity index (χ1v) is 12.0. The Hall–Kier alpha value is -2.68. The van der Waals surface area contributed by atoms with Crippen LogP contribution in [0.25, 0.3) is 22.3 Å². The van der Waals surface area contributed by atoms with Gasteiger partial charge in [-0.25, -0.2) is 0 Å². The molecule has 1 fully saturated rings. The van der Waals surface area contributed by atoms with E-state index in [0.717, 1.165) is 38.7 Å². The summed E-state index contributed by atoms with van der Waals surface area (Å²) in [5, 5.41) is 10.9. The van der Waals surface area contributed by atoms with Crippen LogP contribution in [-0.2, 0) is 22.1 Å². The fourth-order valence-corrected chi connectivity index (χ4v) is 4.84. The maximum atomic E-state index is 6.29. The van der Waals surface area contributed by atoms with E-state index in [1.165, 1.54) is 5.56 Å². The van der Waals surface area contributed by atoms with Gasteiger partial charge in [0.05, 0.1) is 16.7 Å². The molecule has 2 aromatic heterocycles. The molecule has 2 aromatic carbocycles. The standard InChI is InChI=1S/C25H27BN4O2S/c1-24(2)25(3,4)32-26(31-24)20-11-7-6-9-19(20)16-33-23-29-28-22(30(23)5)18-12-13-21-17(15-18)10-8-14-27-21/h6-15H,16H2,1-5H3. The molecule has 0 N–H and O–H groups in total. The molecule has 1 saturated heterocycles. The van der Waals surface area contributed by atoms with Crippen LogP contribution in [0.1, 0.15) is 33.3 Å². The molecule has 6 nitrogen and oxygen atoms in total. The highest BCUT2D eigenvalue weighted by Crippen LogP contribution is 2.37.